The third-order valence-corrected chi connectivity index (χ3v) is 12.5. The number of Topliss-reactive ketones (excluding diaryl/α,β-unsaturated/α-hetero) is 1. The van der Waals surface area contributed by atoms with E-state index in [4.69, 9.17) is 4.74 Å². The molecule has 2 heterocycles. The van der Waals surface area contributed by atoms with Crippen molar-refractivity contribution in [3.63, 3.8) is 0 Å². The first-order valence-corrected chi connectivity index (χ1v) is 21.6. The van der Waals surface area contributed by atoms with Crippen molar-refractivity contribution < 1.29 is 18.9 Å². The number of nitrogens with zero attached hydrogens (tertiary/aromatic N) is 2. The number of thioether (sulfide) groups is 1. The molecule has 0 atom stereocenters. The fourth-order valence-corrected chi connectivity index (χ4v) is 9.87. The number of methoxy groups -OCH3 is 1. The van der Waals surface area contributed by atoms with Gasteiger partial charge in [0.05, 0.1) is 23.9 Å². The molecule has 6 nitrogen and oxygen atoms in total. The Morgan fingerprint density at radius 2 is 1.72 bits per heavy atom. The summed E-state index contributed by atoms with van der Waals surface area (Å²) in [5.74, 6) is 1.29. The third kappa shape index (κ3) is 12.1. The summed E-state index contributed by atoms with van der Waals surface area (Å²) in [4.78, 5) is 27.6. The van der Waals surface area contributed by atoms with Gasteiger partial charge < -0.3 is 15.0 Å². The van der Waals surface area contributed by atoms with Crippen molar-refractivity contribution in [2.75, 3.05) is 25.1 Å². The SMILES string of the molecule is CCCCCN1C(=CC2=CC(=Cc3sc4ccc(OC)cc4[n+]3CCCCC(=O)CCCCCCCNC(C)=O)CC(C)(C)C2)Sc2ccc(C)cc21. The van der Waals surface area contributed by atoms with Gasteiger partial charge in [-0.15, -0.1) is 0 Å². The number of thiazole rings is 1. The number of benzene rings is 2. The van der Waals surface area contributed by atoms with E-state index in [0.29, 0.717) is 18.6 Å². The first-order chi connectivity index (χ1) is 25.5. The molecule has 2 aromatic carbocycles. The Hall–Kier alpha value is -3.36. The van der Waals surface area contributed by atoms with Crippen LogP contribution in [0.2, 0.25) is 0 Å². The fraction of sp³-hybridized carbons (Fsp3) is 0.533. The molecule has 5 rings (SSSR count). The van der Waals surface area contributed by atoms with Crippen LogP contribution >= 0.6 is 23.1 Å². The highest BCUT2D eigenvalue weighted by Gasteiger charge is 2.30. The van der Waals surface area contributed by atoms with E-state index in [-0.39, 0.29) is 11.3 Å². The van der Waals surface area contributed by atoms with Crippen molar-refractivity contribution in [1.29, 1.82) is 0 Å². The number of carbonyl (C=O) groups is 2. The highest BCUT2D eigenvalue weighted by molar-refractivity contribution is 8.03. The number of aryl methyl sites for hydroxylation is 2. The van der Waals surface area contributed by atoms with Gasteiger partial charge in [0, 0.05) is 50.2 Å². The Bertz CT molecular complexity index is 1820. The van der Waals surface area contributed by atoms with Crippen LogP contribution in [0.5, 0.6) is 5.75 Å². The van der Waals surface area contributed by atoms with Gasteiger partial charge in [0.1, 0.15) is 16.2 Å². The monoisotopic (exact) mass is 756 g/mol. The molecule has 0 saturated carbocycles. The predicted octanol–water partition coefficient (Wildman–Crippen LogP) is 11.5. The van der Waals surface area contributed by atoms with Crippen LogP contribution in [0.1, 0.15) is 128 Å². The number of fused-ring (bicyclic) bond motifs is 2. The molecule has 0 bridgehead atoms. The normalized spacial score (nSPS) is 16.7. The lowest BCUT2D eigenvalue weighted by Crippen LogP contribution is -2.35. The van der Waals surface area contributed by atoms with E-state index in [0.717, 1.165) is 83.2 Å². The second kappa shape index (κ2) is 19.8. The third-order valence-electron chi connectivity index (χ3n) is 10.3. The van der Waals surface area contributed by atoms with Crippen molar-refractivity contribution in [3.05, 3.63) is 75.3 Å². The predicted molar refractivity (Wildman–Crippen MR) is 225 cm³/mol. The Balaban J connectivity index is 1.28. The maximum absolute atomic E-state index is 12.7. The smallest absolute Gasteiger partial charge is 0.263 e. The van der Waals surface area contributed by atoms with E-state index in [2.05, 4.69) is 97.1 Å². The number of anilines is 1. The first kappa shape index (κ1) is 40.8. The molecule has 3 aromatic rings. The average molecular weight is 757 g/mol. The maximum atomic E-state index is 12.7. The standard InChI is InChI=1S/C45H61N3O3S2/c1-7-8-15-24-47-39-26-33(2)19-21-41(39)52-43(47)28-35-27-36(32-45(4,5)31-35)29-44-48(40-30-38(51-6)20-22-42(40)53-44)25-16-13-18-37(50)17-12-10-9-11-14-23-46-34(3)49/h19-22,26-30H,7-18,23-25,31-32H2,1-6H3/p+1. The van der Waals surface area contributed by atoms with Gasteiger partial charge in [-0.3, -0.25) is 9.59 Å². The Labute approximate surface area is 327 Å². The Morgan fingerprint density at radius 3 is 2.49 bits per heavy atom. The number of amides is 1. The zero-order valence-electron chi connectivity index (χ0n) is 33.2. The molecule has 0 spiro atoms. The molecule has 53 heavy (non-hydrogen) atoms. The van der Waals surface area contributed by atoms with E-state index < -0.39 is 0 Å². The summed E-state index contributed by atoms with van der Waals surface area (Å²) in [5, 5.41) is 5.46. The molecule has 2 aliphatic rings. The highest BCUT2D eigenvalue weighted by atomic mass is 32.2. The molecule has 1 aromatic heterocycles. The number of hydrogen-bond acceptors (Lipinski definition) is 6. The van der Waals surface area contributed by atoms with Crippen LogP contribution in [0.3, 0.4) is 0 Å². The summed E-state index contributed by atoms with van der Waals surface area (Å²) in [6.07, 6.45) is 21.6. The molecule has 1 N–H and O–H groups in total. The lowest BCUT2D eigenvalue weighted by Gasteiger charge is -2.31. The first-order valence-electron chi connectivity index (χ1n) is 20.0. The minimum absolute atomic E-state index is 0.0344. The summed E-state index contributed by atoms with van der Waals surface area (Å²) < 4.78 is 9.35. The van der Waals surface area contributed by atoms with Crippen LogP contribution in [0.15, 0.2) is 69.6 Å². The number of rotatable bonds is 20. The van der Waals surface area contributed by atoms with E-state index in [1.807, 2.05) is 23.1 Å². The van der Waals surface area contributed by atoms with E-state index in [9.17, 15) is 9.59 Å². The van der Waals surface area contributed by atoms with Crippen LogP contribution in [0.25, 0.3) is 16.3 Å². The minimum Gasteiger partial charge on any atom is -0.497 e. The van der Waals surface area contributed by atoms with Crippen molar-refractivity contribution in [2.45, 2.75) is 136 Å². The van der Waals surface area contributed by atoms with Crippen LogP contribution < -0.4 is 19.5 Å². The molecule has 1 amide bonds. The van der Waals surface area contributed by atoms with Crippen molar-refractivity contribution >= 4 is 56.8 Å². The van der Waals surface area contributed by atoms with Gasteiger partial charge in [-0.25, -0.2) is 0 Å². The molecule has 1 aliphatic heterocycles. The lowest BCUT2D eigenvalue weighted by molar-refractivity contribution is -0.669. The summed E-state index contributed by atoms with van der Waals surface area (Å²) in [6, 6.07) is 13.3. The molecule has 0 fully saturated rings. The second-order valence-electron chi connectivity index (χ2n) is 15.8. The minimum atomic E-state index is 0.0344. The zero-order chi connectivity index (χ0) is 37.8. The van der Waals surface area contributed by atoms with Crippen LogP contribution in [0.4, 0.5) is 5.69 Å². The molecular weight excluding hydrogens is 695 g/mol. The summed E-state index contributed by atoms with van der Waals surface area (Å²) >= 11 is 3.77. The lowest BCUT2D eigenvalue weighted by atomic mass is 9.75. The summed E-state index contributed by atoms with van der Waals surface area (Å²) in [7, 11) is 1.73. The van der Waals surface area contributed by atoms with E-state index in [1.165, 1.54) is 66.8 Å². The van der Waals surface area contributed by atoms with Crippen molar-refractivity contribution in [1.82, 2.24) is 5.32 Å². The van der Waals surface area contributed by atoms with Crippen LogP contribution in [0, 0.1) is 12.3 Å². The number of unbranched alkanes of at least 4 members (excludes halogenated alkanes) is 7. The van der Waals surface area contributed by atoms with Crippen LogP contribution in [-0.2, 0) is 16.1 Å². The topological polar surface area (TPSA) is 62.5 Å². The van der Waals surface area contributed by atoms with Gasteiger partial charge in [-0.05, 0) is 97.9 Å². The summed E-state index contributed by atoms with van der Waals surface area (Å²) in [5.41, 5.74) is 6.81. The average Bonchev–Trinajstić information content (AvgIpc) is 3.62. The van der Waals surface area contributed by atoms with Gasteiger partial charge in [-0.2, -0.15) is 4.57 Å². The van der Waals surface area contributed by atoms with Gasteiger partial charge in [0.2, 0.25) is 11.4 Å². The van der Waals surface area contributed by atoms with E-state index in [1.54, 1.807) is 14.0 Å². The molecular formula is C45H62N3O3S2+. The zero-order valence-corrected chi connectivity index (χ0v) is 34.8. The van der Waals surface area contributed by atoms with Gasteiger partial charge in [0.25, 0.3) is 5.01 Å². The number of ketones is 1. The number of aromatic nitrogens is 1. The molecule has 0 radical (unpaired) electrons. The molecule has 8 heteroatoms. The number of carbonyl (C=O) groups excluding carboxylic acids is 2. The highest BCUT2D eigenvalue weighted by Crippen LogP contribution is 2.48. The fourth-order valence-electron chi connectivity index (χ4n) is 7.58. The number of nitrogens with one attached hydrogen (secondary N) is 1. The number of ether oxygens (including phenoxy) is 1. The van der Waals surface area contributed by atoms with Crippen molar-refractivity contribution in [2.24, 2.45) is 5.41 Å². The molecule has 1 aliphatic carbocycles. The quantitative estimate of drug-likeness (QED) is 0.0919. The number of hydrogen-bond donors (Lipinski definition) is 1. The van der Waals surface area contributed by atoms with Gasteiger partial charge >= 0.3 is 0 Å². The number of allylic oxidation sites excluding steroid dienone is 4. The summed E-state index contributed by atoms with van der Waals surface area (Å²) in [6.45, 7) is 13.5. The van der Waals surface area contributed by atoms with Gasteiger partial charge in [-0.1, -0.05) is 88.1 Å². The second-order valence-corrected chi connectivity index (χ2v) is 17.9. The molecule has 0 unspecified atom stereocenters. The maximum Gasteiger partial charge on any atom is 0.263 e. The molecule has 0 saturated heterocycles. The Kier molecular flexibility index (Phi) is 15.3. The van der Waals surface area contributed by atoms with E-state index >= 15 is 0 Å². The van der Waals surface area contributed by atoms with Crippen molar-refractivity contribution in [3.8, 4) is 5.75 Å². The Morgan fingerprint density at radius 1 is 0.943 bits per heavy atom. The van der Waals surface area contributed by atoms with Gasteiger partial charge in [0.15, 0.2) is 6.54 Å². The molecule has 286 valence electrons. The van der Waals surface area contributed by atoms with Crippen LogP contribution in [-0.4, -0.2) is 31.9 Å². The largest absolute Gasteiger partial charge is 0.497 e.